The number of likely N-dealkylation sites (N-methyl/N-ethyl adjacent to an activating group) is 1. The summed E-state index contributed by atoms with van der Waals surface area (Å²) in [6.45, 7) is 1.42. The molecule has 0 heterocycles. The van der Waals surface area contributed by atoms with Crippen LogP contribution in [0.25, 0.3) is 0 Å². The van der Waals surface area contributed by atoms with E-state index >= 15 is 0 Å². The van der Waals surface area contributed by atoms with Crippen LogP contribution in [-0.2, 0) is 16.0 Å². The third-order valence-corrected chi connectivity index (χ3v) is 2.74. The molecule has 0 spiro atoms. The molecular formula is C14H20N2O2. The van der Waals surface area contributed by atoms with Gasteiger partial charge in [0, 0.05) is 14.0 Å². The summed E-state index contributed by atoms with van der Waals surface area (Å²) in [5, 5.41) is 5.23. The first kappa shape index (κ1) is 14.2. The summed E-state index contributed by atoms with van der Waals surface area (Å²) in [7, 11) is 1.58. The minimum Gasteiger partial charge on any atom is -0.357 e. The van der Waals surface area contributed by atoms with Crippen LogP contribution < -0.4 is 10.6 Å². The molecule has 1 atom stereocenters. The number of nitrogens with one attached hydrogen (secondary N) is 2. The van der Waals surface area contributed by atoms with E-state index < -0.39 is 6.04 Å². The molecule has 2 N–H and O–H groups in total. The normalized spacial score (nSPS) is 11.7. The molecule has 4 heteroatoms. The van der Waals surface area contributed by atoms with Crippen molar-refractivity contribution in [2.45, 2.75) is 32.2 Å². The zero-order valence-electron chi connectivity index (χ0n) is 10.9. The van der Waals surface area contributed by atoms with E-state index in [1.54, 1.807) is 7.05 Å². The Kier molecular flexibility index (Phi) is 5.91. The van der Waals surface area contributed by atoms with Gasteiger partial charge in [0.15, 0.2) is 0 Å². The molecule has 1 aromatic carbocycles. The fourth-order valence-corrected chi connectivity index (χ4v) is 1.84. The van der Waals surface area contributed by atoms with Gasteiger partial charge in [0.2, 0.25) is 11.8 Å². The highest BCUT2D eigenvalue weighted by atomic mass is 16.2. The summed E-state index contributed by atoms with van der Waals surface area (Å²) in [6, 6.07) is 9.67. The van der Waals surface area contributed by atoms with Crippen LogP contribution in [-0.4, -0.2) is 24.9 Å². The number of rotatable bonds is 6. The second-order valence-electron chi connectivity index (χ2n) is 4.25. The fraction of sp³-hybridized carbons (Fsp3) is 0.429. The standard InChI is InChI=1S/C14H20N2O2/c1-11(17)16-13(14(18)15-2)10-6-9-12-7-4-3-5-8-12/h3-5,7-8,13H,6,9-10H2,1-2H3,(H,15,18)(H,16,17). The Morgan fingerprint density at radius 1 is 1.22 bits per heavy atom. The zero-order chi connectivity index (χ0) is 13.4. The molecule has 0 aliphatic rings. The van der Waals surface area contributed by atoms with Crippen LogP contribution in [0.2, 0.25) is 0 Å². The lowest BCUT2D eigenvalue weighted by atomic mass is 10.0. The van der Waals surface area contributed by atoms with Crippen molar-refractivity contribution >= 4 is 11.8 Å². The molecule has 1 unspecified atom stereocenters. The quantitative estimate of drug-likeness (QED) is 0.796. The van der Waals surface area contributed by atoms with Gasteiger partial charge in [0.1, 0.15) is 6.04 Å². The number of carbonyl (C=O) groups excluding carboxylic acids is 2. The highest BCUT2D eigenvalue weighted by Crippen LogP contribution is 2.06. The smallest absolute Gasteiger partial charge is 0.242 e. The Morgan fingerprint density at radius 3 is 2.44 bits per heavy atom. The van der Waals surface area contributed by atoms with Gasteiger partial charge in [-0.1, -0.05) is 30.3 Å². The zero-order valence-corrected chi connectivity index (χ0v) is 10.9. The van der Waals surface area contributed by atoms with E-state index in [0.717, 1.165) is 12.8 Å². The maximum Gasteiger partial charge on any atom is 0.242 e. The van der Waals surface area contributed by atoms with Gasteiger partial charge < -0.3 is 10.6 Å². The summed E-state index contributed by atoms with van der Waals surface area (Å²) in [5.74, 6) is -0.318. The van der Waals surface area contributed by atoms with Crippen LogP contribution in [0.4, 0.5) is 0 Å². The molecule has 0 saturated heterocycles. The lowest BCUT2D eigenvalue weighted by molar-refractivity contribution is -0.127. The molecule has 18 heavy (non-hydrogen) atoms. The molecule has 0 aliphatic heterocycles. The number of hydrogen-bond acceptors (Lipinski definition) is 2. The van der Waals surface area contributed by atoms with Gasteiger partial charge in [0.25, 0.3) is 0 Å². The van der Waals surface area contributed by atoms with Crippen LogP contribution in [0.15, 0.2) is 30.3 Å². The van der Waals surface area contributed by atoms with Crippen LogP contribution in [0.3, 0.4) is 0 Å². The first-order valence-corrected chi connectivity index (χ1v) is 6.16. The SMILES string of the molecule is CNC(=O)C(CCCc1ccccc1)NC(C)=O. The topological polar surface area (TPSA) is 58.2 Å². The van der Waals surface area contributed by atoms with Crippen molar-refractivity contribution in [1.82, 2.24) is 10.6 Å². The van der Waals surface area contributed by atoms with E-state index in [-0.39, 0.29) is 11.8 Å². The van der Waals surface area contributed by atoms with Crippen LogP contribution >= 0.6 is 0 Å². The minimum absolute atomic E-state index is 0.140. The van der Waals surface area contributed by atoms with E-state index in [1.807, 2.05) is 18.2 Å². The average Bonchev–Trinajstić information content (AvgIpc) is 2.37. The van der Waals surface area contributed by atoms with Gasteiger partial charge >= 0.3 is 0 Å². The van der Waals surface area contributed by atoms with Gasteiger partial charge in [-0.05, 0) is 24.8 Å². The third-order valence-electron chi connectivity index (χ3n) is 2.74. The van der Waals surface area contributed by atoms with Crippen LogP contribution in [0.5, 0.6) is 0 Å². The average molecular weight is 248 g/mol. The number of carbonyl (C=O) groups is 2. The lowest BCUT2D eigenvalue weighted by Crippen LogP contribution is -2.44. The van der Waals surface area contributed by atoms with E-state index in [2.05, 4.69) is 22.8 Å². The molecule has 0 saturated carbocycles. The predicted molar refractivity (Wildman–Crippen MR) is 71.1 cm³/mol. The highest BCUT2D eigenvalue weighted by Gasteiger charge is 2.17. The molecule has 2 amide bonds. The molecule has 0 fully saturated rings. The molecule has 4 nitrogen and oxygen atoms in total. The molecule has 1 aromatic rings. The number of amides is 2. The first-order chi connectivity index (χ1) is 8.63. The summed E-state index contributed by atoms with van der Waals surface area (Å²) in [6.07, 6.45) is 2.42. The van der Waals surface area contributed by atoms with Crippen molar-refractivity contribution in [1.29, 1.82) is 0 Å². The number of benzene rings is 1. The first-order valence-electron chi connectivity index (χ1n) is 6.16. The fourth-order valence-electron chi connectivity index (χ4n) is 1.84. The molecule has 1 rings (SSSR count). The summed E-state index contributed by atoms with van der Waals surface area (Å²) >= 11 is 0. The number of hydrogen-bond donors (Lipinski definition) is 2. The van der Waals surface area contributed by atoms with Crippen LogP contribution in [0, 0.1) is 0 Å². The summed E-state index contributed by atoms with van der Waals surface area (Å²) in [4.78, 5) is 22.6. The van der Waals surface area contributed by atoms with E-state index in [0.29, 0.717) is 6.42 Å². The molecule has 0 aliphatic carbocycles. The molecular weight excluding hydrogens is 228 g/mol. The Bertz CT molecular complexity index is 390. The Labute approximate surface area is 108 Å². The highest BCUT2D eigenvalue weighted by molar-refractivity contribution is 5.86. The lowest BCUT2D eigenvalue weighted by Gasteiger charge is -2.16. The summed E-state index contributed by atoms with van der Waals surface area (Å²) in [5.41, 5.74) is 1.25. The number of aryl methyl sites for hydroxylation is 1. The summed E-state index contributed by atoms with van der Waals surface area (Å²) < 4.78 is 0. The minimum atomic E-state index is -0.434. The van der Waals surface area contributed by atoms with Crippen molar-refractivity contribution in [3.8, 4) is 0 Å². The van der Waals surface area contributed by atoms with Gasteiger partial charge in [-0.2, -0.15) is 0 Å². The van der Waals surface area contributed by atoms with Gasteiger partial charge in [-0.3, -0.25) is 9.59 Å². The van der Waals surface area contributed by atoms with Crippen molar-refractivity contribution in [2.24, 2.45) is 0 Å². The van der Waals surface area contributed by atoms with E-state index in [9.17, 15) is 9.59 Å². The van der Waals surface area contributed by atoms with Gasteiger partial charge in [-0.15, -0.1) is 0 Å². The van der Waals surface area contributed by atoms with Crippen molar-refractivity contribution in [3.05, 3.63) is 35.9 Å². The molecule has 98 valence electrons. The Balaban J connectivity index is 2.42. The second kappa shape index (κ2) is 7.48. The Hall–Kier alpha value is -1.84. The maximum absolute atomic E-state index is 11.6. The molecule has 0 aromatic heterocycles. The second-order valence-corrected chi connectivity index (χ2v) is 4.25. The molecule has 0 radical (unpaired) electrons. The van der Waals surface area contributed by atoms with Gasteiger partial charge in [0.05, 0.1) is 0 Å². The maximum atomic E-state index is 11.6. The van der Waals surface area contributed by atoms with Crippen molar-refractivity contribution in [3.63, 3.8) is 0 Å². The monoisotopic (exact) mass is 248 g/mol. The Morgan fingerprint density at radius 2 is 1.89 bits per heavy atom. The van der Waals surface area contributed by atoms with Crippen molar-refractivity contribution in [2.75, 3.05) is 7.05 Å². The van der Waals surface area contributed by atoms with E-state index in [4.69, 9.17) is 0 Å². The molecule has 0 bridgehead atoms. The van der Waals surface area contributed by atoms with Gasteiger partial charge in [-0.25, -0.2) is 0 Å². The van der Waals surface area contributed by atoms with Crippen LogP contribution in [0.1, 0.15) is 25.3 Å². The predicted octanol–water partition coefficient (Wildman–Crippen LogP) is 1.26. The van der Waals surface area contributed by atoms with Crippen molar-refractivity contribution < 1.29 is 9.59 Å². The largest absolute Gasteiger partial charge is 0.357 e. The third kappa shape index (κ3) is 4.99. The van der Waals surface area contributed by atoms with E-state index in [1.165, 1.54) is 12.5 Å².